The number of hydrogen-bond acceptors (Lipinski definition) is 1. The van der Waals surface area contributed by atoms with E-state index in [4.69, 9.17) is 0 Å². The number of allylic oxidation sites excluding steroid dienone is 2. The Morgan fingerprint density at radius 2 is 1.04 bits per heavy atom. The summed E-state index contributed by atoms with van der Waals surface area (Å²) in [6.07, 6.45) is 43.5. The molecule has 1 heteroatoms. The van der Waals surface area contributed by atoms with E-state index in [1.165, 1.54) is 223 Å². The zero-order chi connectivity index (χ0) is 41.6. The van der Waals surface area contributed by atoms with Crippen molar-refractivity contribution in [1.29, 1.82) is 0 Å². The van der Waals surface area contributed by atoms with E-state index >= 15 is 0 Å². The summed E-state index contributed by atoms with van der Waals surface area (Å²) in [5.74, 6) is 4.13. The molecule has 0 aromatic carbocycles. The lowest BCUT2D eigenvalue weighted by atomic mass is 9.63. The molecule has 0 heterocycles. The summed E-state index contributed by atoms with van der Waals surface area (Å²) >= 11 is 0. The van der Waals surface area contributed by atoms with Crippen molar-refractivity contribution >= 4 is 0 Å². The lowest BCUT2D eigenvalue weighted by Crippen LogP contribution is -2.31. The summed E-state index contributed by atoms with van der Waals surface area (Å²) in [6, 6.07) is 0. The van der Waals surface area contributed by atoms with Crippen LogP contribution in [0.3, 0.4) is 0 Å². The Labute approximate surface area is 351 Å². The number of fused-ring (bicyclic) bond motifs is 1. The Kier molecular flexibility index (Phi) is 41.4. The fourth-order valence-corrected chi connectivity index (χ4v) is 9.35. The second kappa shape index (κ2) is 40.2. The highest BCUT2D eigenvalue weighted by atomic mass is 15.1. The summed E-state index contributed by atoms with van der Waals surface area (Å²) in [4.78, 5) is 2.78. The second-order valence-electron chi connectivity index (χ2n) is 18.5. The molecule has 0 amide bonds. The van der Waals surface area contributed by atoms with Gasteiger partial charge in [0.15, 0.2) is 0 Å². The van der Waals surface area contributed by atoms with Crippen molar-refractivity contribution in [1.82, 2.24) is 4.90 Å². The van der Waals surface area contributed by atoms with Crippen LogP contribution in [0.25, 0.3) is 0 Å². The van der Waals surface area contributed by atoms with E-state index in [2.05, 4.69) is 66.5 Å². The molecule has 1 nitrogen and oxygen atoms in total. The number of unbranched alkanes of at least 4 members (excludes halogenated alkanes) is 14. The molecule has 2 saturated carbocycles. The highest BCUT2D eigenvalue weighted by Crippen LogP contribution is 2.60. The van der Waals surface area contributed by atoms with Gasteiger partial charge in [0.2, 0.25) is 0 Å². The van der Waals surface area contributed by atoms with Crippen LogP contribution in [0, 0.1) is 29.1 Å². The smallest absolute Gasteiger partial charge is 0.00187 e. The Morgan fingerprint density at radius 1 is 0.600 bits per heavy atom. The molecule has 4 atom stereocenters. The topological polar surface area (TPSA) is 3.24 Å². The van der Waals surface area contributed by atoms with Gasteiger partial charge in [0, 0.05) is 0 Å². The van der Waals surface area contributed by atoms with Crippen LogP contribution < -0.4 is 0 Å². The fourth-order valence-electron chi connectivity index (χ4n) is 9.35. The highest BCUT2D eigenvalue weighted by Gasteiger charge is 2.50. The maximum absolute atomic E-state index is 4.44. The first-order valence-corrected chi connectivity index (χ1v) is 25.7. The Morgan fingerprint density at radius 3 is 1.47 bits per heavy atom. The zero-order valence-electron chi connectivity index (χ0n) is 40.7. The molecule has 0 aromatic heterocycles. The first-order chi connectivity index (χ1) is 26.7. The van der Waals surface area contributed by atoms with Crippen LogP contribution >= 0.6 is 0 Å². The number of hydrogen-bond donors (Lipinski definition) is 0. The van der Waals surface area contributed by atoms with E-state index < -0.39 is 0 Å². The van der Waals surface area contributed by atoms with Gasteiger partial charge >= 0.3 is 0 Å². The number of nitrogens with zero attached hydrogens (tertiary/aromatic N) is 1. The minimum atomic E-state index is 0.786. The van der Waals surface area contributed by atoms with Gasteiger partial charge in [-0.3, -0.25) is 0 Å². The van der Waals surface area contributed by atoms with Crippen LogP contribution in [0.2, 0.25) is 0 Å². The largest absolute Gasteiger partial charge is 0.303 e. The Balaban J connectivity index is 0. The molecule has 0 N–H and O–H groups in total. The Bertz CT molecular complexity index is 802. The summed E-state index contributed by atoms with van der Waals surface area (Å²) in [7, 11) is 0. The van der Waals surface area contributed by atoms with E-state index in [0.717, 1.165) is 29.1 Å². The molecule has 2 fully saturated rings. The molecule has 0 aliphatic heterocycles. The molecule has 2 aliphatic rings. The third-order valence-corrected chi connectivity index (χ3v) is 13.5. The van der Waals surface area contributed by atoms with Gasteiger partial charge in [0.25, 0.3) is 0 Å². The molecule has 330 valence electrons. The van der Waals surface area contributed by atoms with Gasteiger partial charge in [-0.2, -0.15) is 0 Å². The molecular formula is C54H109N. The molecule has 2 rings (SSSR count). The van der Waals surface area contributed by atoms with E-state index in [-0.39, 0.29) is 0 Å². The van der Waals surface area contributed by atoms with Gasteiger partial charge < -0.3 is 4.90 Å². The van der Waals surface area contributed by atoms with Gasteiger partial charge in [0.1, 0.15) is 0 Å². The van der Waals surface area contributed by atoms with Crippen molar-refractivity contribution in [3.63, 3.8) is 0 Å². The van der Waals surface area contributed by atoms with Crippen LogP contribution in [0.15, 0.2) is 24.3 Å². The molecule has 4 unspecified atom stereocenters. The van der Waals surface area contributed by atoms with Crippen LogP contribution in [0.4, 0.5) is 0 Å². The average molecular weight is 772 g/mol. The average Bonchev–Trinajstić information content (AvgIpc) is 3.42. The van der Waals surface area contributed by atoms with Crippen molar-refractivity contribution in [3.05, 3.63) is 24.3 Å². The van der Waals surface area contributed by atoms with Gasteiger partial charge in [-0.05, 0) is 139 Å². The molecule has 0 saturated heterocycles. The monoisotopic (exact) mass is 772 g/mol. The second-order valence-corrected chi connectivity index (χ2v) is 18.5. The lowest BCUT2D eigenvalue weighted by Gasteiger charge is -2.42. The first-order valence-electron chi connectivity index (χ1n) is 25.7. The summed E-state index contributed by atoms with van der Waals surface area (Å²) < 4.78 is 0. The predicted molar refractivity (Wildman–Crippen MR) is 257 cm³/mol. The highest BCUT2D eigenvalue weighted by molar-refractivity contribution is 5.00. The Hall–Kier alpha value is -0.560. The minimum absolute atomic E-state index is 0.786. The normalized spacial score (nSPS) is 19.0. The summed E-state index contributed by atoms with van der Waals surface area (Å²) in [5, 5.41) is 0. The predicted octanol–water partition coefficient (Wildman–Crippen LogP) is 19.2. The summed E-state index contributed by atoms with van der Waals surface area (Å²) in [6.45, 7) is 36.9. The van der Waals surface area contributed by atoms with Crippen molar-refractivity contribution in [2.24, 2.45) is 29.1 Å². The molecular weight excluding hydrogens is 663 g/mol. The van der Waals surface area contributed by atoms with Gasteiger partial charge in [-0.25, -0.2) is 0 Å². The quantitative estimate of drug-likeness (QED) is 0.0465. The molecule has 55 heavy (non-hydrogen) atoms. The van der Waals surface area contributed by atoms with Crippen molar-refractivity contribution in [3.8, 4) is 0 Å². The number of rotatable bonds is 34. The van der Waals surface area contributed by atoms with E-state index in [0.29, 0.717) is 0 Å². The van der Waals surface area contributed by atoms with Crippen molar-refractivity contribution in [2.45, 2.75) is 275 Å². The zero-order valence-corrected chi connectivity index (χ0v) is 40.7. The van der Waals surface area contributed by atoms with Crippen LogP contribution in [-0.4, -0.2) is 24.5 Å². The van der Waals surface area contributed by atoms with E-state index in [9.17, 15) is 0 Å². The third kappa shape index (κ3) is 31.1. The lowest BCUT2D eigenvalue weighted by molar-refractivity contribution is 0.0871. The minimum Gasteiger partial charge on any atom is -0.303 e. The standard InChI is InChI=1S/C38H75N.C12H22.2C2H6/c1-7-10-19-30-38(31-20-11-8-2)32-26-29-37(6)28-22-16-14-18-25-35-39(33-23-12-9-3)34-24-17-13-15-21-27-36(4)5;1-4-9(2)10-7-11-5-6-12(11,3)8-10;2*1-2/h38H,4,6-35H2,1-3,5H3;9-11H,4-8H2,1-3H3;2*1-2H3. The molecule has 0 radical (unpaired) electrons. The third-order valence-electron chi connectivity index (χ3n) is 13.5. The first kappa shape index (κ1) is 56.5. The molecule has 0 aromatic rings. The van der Waals surface area contributed by atoms with E-state index in [1.54, 1.807) is 6.42 Å². The molecule has 2 aliphatic carbocycles. The van der Waals surface area contributed by atoms with Crippen molar-refractivity contribution in [2.75, 3.05) is 19.6 Å². The SMILES string of the molecule is C=C(C)CCCCCCCN(CCCCC)CCCCCCCC(=C)CCCC(CCCCC)CCCCC.CC.CC.CCC(C)C1CC2CCC2(C)C1. The maximum Gasteiger partial charge on any atom is -0.00187 e. The van der Waals surface area contributed by atoms with Crippen LogP contribution in [0.5, 0.6) is 0 Å². The summed E-state index contributed by atoms with van der Waals surface area (Å²) in [5.41, 5.74) is 3.66. The fraction of sp³-hybridized carbons (Fsp3) is 0.926. The molecule has 0 bridgehead atoms. The van der Waals surface area contributed by atoms with Crippen molar-refractivity contribution < 1.29 is 0 Å². The van der Waals surface area contributed by atoms with Crippen LogP contribution in [-0.2, 0) is 0 Å². The maximum atomic E-state index is 4.44. The van der Waals surface area contributed by atoms with Gasteiger partial charge in [-0.1, -0.05) is 203 Å². The van der Waals surface area contributed by atoms with Gasteiger partial charge in [0.05, 0.1) is 0 Å². The van der Waals surface area contributed by atoms with Crippen LogP contribution in [0.1, 0.15) is 275 Å². The van der Waals surface area contributed by atoms with Gasteiger partial charge in [-0.15, -0.1) is 6.58 Å². The van der Waals surface area contributed by atoms with E-state index in [1.807, 2.05) is 27.7 Å². The molecule has 0 spiro atoms.